The molecule has 0 saturated heterocycles. The molecule has 0 radical (unpaired) electrons. The van der Waals surface area contributed by atoms with Crippen LogP contribution in [0.3, 0.4) is 0 Å². The van der Waals surface area contributed by atoms with Gasteiger partial charge >= 0.3 is 0 Å². The Labute approximate surface area is 116 Å². The second kappa shape index (κ2) is 4.97. The number of hydrogen-bond acceptors (Lipinski definition) is 4. The minimum atomic E-state index is -0.136. The molecule has 0 fully saturated rings. The average molecular weight is 272 g/mol. The molecule has 0 spiro atoms. The number of nitrogens with zero attached hydrogens (tertiary/aromatic N) is 2. The quantitative estimate of drug-likeness (QED) is 0.870. The number of aryl methyl sites for hydroxylation is 1. The molecule has 0 atom stereocenters. The number of nitrogens with two attached hydrogens (primary N) is 1. The third-order valence-electron chi connectivity index (χ3n) is 3.24. The fraction of sp³-hybridized carbons (Fsp3) is 0.286. The first kappa shape index (κ1) is 12.7. The minimum absolute atomic E-state index is 0.0682. The summed E-state index contributed by atoms with van der Waals surface area (Å²) in [5, 5.41) is 7.23. The fourth-order valence-corrected chi connectivity index (χ4v) is 2.31. The van der Waals surface area contributed by atoms with Crippen LogP contribution in [0, 0.1) is 0 Å². The lowest BCUT2D eigenvalue weighted by Crippen LogP contribution is -2.25. The highest BCUT2D eigenvalue weighted by Gasteiger charge is 2.17. The number of nitrogens with one attached hydrogen (secondary N) is 1. The second-order valence-electron chi connectivity index (χ2n) is 4.73. The lowest BCUT2D eigenvalue weighted by molar-refractivity contribution is -0.118. The Morgan fingerprint density at radius 3 is 3.10 bits per heavy atom. The maximum atomic E-state index is 11.4. The van der Waals surface area contributed by atoms with E-state index in [1.54, 1.807) is 0 Å². The van der Waals surface area contributed by atoms with E-state index in [0.717, 1.165) is 23.4 Å². The lowest BCUT2D eigenvalue weighted by Gasteiger charge is -2.18. The molecule has 3 N–H and O–H groups in total. The van der Waals surface area contributed by atoms with Gasteiger partial charge < -0.3 is 15.8 Å². The van der Waals surface area contributed by atoms with Gasteiger partial charge in [-0.25, -0.2) is 0 Å². The molecule has 1 aromatic heterocycles. The molecule has 1 amide bonds. The Hall–Kier alpha value is -2.34. The highest BCUT2D eigenvalue weighted by atomic mass is 16.5. The Morgan fingerprint density at radius 1 is 1.45 bits per heavy atom. The first-order valence-corrected chi connectivity index (χ1v) is 6.47. The first-order valence-electron chi connectivity index (χ1n) is 6.47. The first-order chi connectivity index (χ1) is 9.67. The van der Waals surface area contributed by atoms with Gasteiger partial charge in [-0.1, -0.05) is 0 Å². The van der Waals surface area contributed by atoms with Crippen molar-refractivity contribution >= 4 is 11.6 Å². The third-order valence-corrected chi connectivity index (χ3v) is 3.24. The number of carbonyl (C=O) groups is 1. The van der Waals surface area contributed by atoms with Crippen molar-refractivity contribution < 1.29 is 9.53 Å². The van der Waals surface area contributed by atoms with Crippen molar-refractivity contribution in [3.63, 3.8) is 0 Å². The Balaban J connectivity index is 1.98. The van der Waals surface area contributed by atoms with Gasteiger partial charge in [-0.3, -0.25) is 9.48 Å². The largest absolute Gasteiger partial charge is 0.482 e. The Bertz CT molecular complexity index is 663. The normalized spacial score (nSPS) is 13.6. The minimum Gasteiger partial charge on any atom is -0.482 e. The summed E-state index contributed by atoms with van der Waals surface area (Å²) < 4.78 is 7.17. The summed E-state index contributed by atoms with van der Waals surface area (Å²) in [4.78, 5) is 11.4. The molecule has 0 saturated carbocycles. The predicted molar refractivity (Wildman–Crippen MR) is 75.5 cm³/mol. The van der Waals surface area contributed by atoms with E-state index in [-0.39, 0.29) is 12.5 Å². The SMILES string of the molecule is Cn1nc(CCN)cc1-c1ccc2c(c1)NC(=O)CO2. The number of carbonyl (C=O) groups excluding carboxylic acids is 1. The zero-order valence-electron chi connectivity index (χ0n) is 11.2. The molecular weight excluding hydrogens is 256 g/mol. The number of rotatable bonds is 3. The summed E-state index contributed by atoms with van der Waals surface area (Å²) in [5.74, 6) is 0.557. The molecule has 2 heterocycles. The number of aromatic nitrogens is 2. The molecule has 6 heteroatoms. The summed E-state index contributed by atoms with van der Waals surface area (Å²) in [6, 6.07) is 7.73. The molecule has 104 valence electrons. The van der Waals surface area contributed by atoms with Crippen LogP contribution in [0.25, 0.3) is 11.3 Å². The predicted octanol–water partition coefficient (Wildman–Crippen LogP) is 0.919. The van der Waals surface area contributed by atoms with Gasteiger partial charge in [-0.2, -0.15) is 5.10 Å². The second-order valence-corrected chi connectivity index (χ2v) is 4.73. The average Bonchev–Trinajstić information content (AvgIpc) is 2.79. The summed E-state index contributed by atoms with van der Waals surface area (Å²) in [7, 11) is 1.89. The summed E-state index contributed by atoms with van der Waals surface area (Å²) in [6.45, 7) is 0.642. The van der Waals surface area contributed by atoms with Crippen molar-refractivity contribution in [1.29, 1.82) is 0 Å². The number of fused-ring (bicyclic) bond motifs is 1. The standard InChI is InChI=1S/C14H16N4O2/c1-18-12(7-10(17-18)4-5-15)9-2-3-13-11(6-9)16-14(19)8-20-13/h2-3,6-7H,4-5,8,15H2,1H3,(H,16,19). The van der Waals surface area contributed by atoms with E-state index < -0.39 is 0 Å². The van der Waals surface area contributed by atoms with E-state index in [0.29, 0.717) is 18.0 Å². The Kier molecular flexibility index (Phi) is 3.15. The molecule has 0 bridgehead atoms. The maximum absolute atomic E-state index is 11.4. The number of hydrogen-bond donors (Lipinski definition) is 2. The van der Waals surface area contributed by atoms with Crippen molar-refractivity contribution in [3.05, 3.63) is 30.0 Å². The molecule has 1 aliphatic heterocycles. The molecule has 0 aliphatic carbocycles. The van der Waals surface area contributed by atoms with E-state index in [1.165, 1.54) is 0 Å². The van der Waals surface area contributed by atoms with Crippen LogP contribution in [0.1, 0.15) is 5.69 Å². The highest BCUT2D eigenvalue weighted by molar-refractivity contribution is 5.96. The monoisotopic (exact) mass is 272 g/mol. The van der Waals surface area contributed by atoms with Gasteiger partial charge in [0, 0.05) is 19.0 Å². The van der Waals surface area contributed by atoms with Crippen molar-refractivity contribution in [2.45, 2.75) is 6.42 Å². The lowest BCUT2D eigenvalue weighted by atomic mass is 10.1. The number of amides is 1. The van der Waals surface area contributed by atoms with Crippen molar-refractivity contribution in [3.8, 4) is 17.0 Å². The van der Waals surface area contributed by atoms with E-state index in [9.17, 15) is 4.79 Å². The molecular formula is C14H16N4O2. The van der Waals surface area contributed by atoms with Crippen molar-refractivity contribution in [2.75, 3.05) is 18.5 Å². The number of ether oxygens (including phenoxy) is 1. The zero-order chi connectivity index (χ0) is 14.1. The Morgan fingerprint density at radius 2 is 2.30 bits per heavy atom. The molecule has 6 nitrogen and oxygen atoms in total. The molecule has 3 rings (SSSR count). The zero-order valence-corrected chi connectivity index (χ0v) is 11.2. The number of anilines is 1. The van der Waals surface area contributed by atoms with Crippen LogP contribution in [0.15, 0.2) is 24.3 Å². The van der Waals surface area contributed by atoms with Crippen molar-refractivity contribution in [2.24, 2.45) is 12.8 Å². The van der Waals surface area contributed by atoms with Gasteiger partial charge in [0.25, 0.3) is 5.91 Å². The van der Waals surface area contributed by atoms with Gasteiger partial charge in [0.1, 0.15) is 5.75 Å². The summed E-state index contributed by atoms with van der Waals surface area (Å²) in [6.07, 6.45) is 0.749. The van der Waals surface area contributed by atoms with Gasteiger partial charge in [-0.05, 0) is 30.8 Å². The molecule has 20 heavy (non-hydrogen) atoms. The topological polar surface area (TPSA) is 82.2 Å². The van der Waals surface area contributed by atoms with Crippen LogP contribution < -0.4 is 15.8 Å². The fourth-order valence-electron chi connectivity index (χ4n) is 2.31. The van der Waals surface area contributed by atoms with Crippen LogP contribution in [0.2, 0.25) is 0 Å². The van der Waals surface area contributed by atoms with E-state index in [2.05, 4.69) is 10.4 Å². The molecule has 2 aromatic rings. The van der Waals surface area contributed by atoms with Gasteiger partial charge in [-0.15, -0.1) is 0 Å². The maximum Gasteiger partial charge on any atom is 0.262 e. The van der Waals surface area contributed by atoms with E-state index in [4.69, 9.17) is 10.5 Å². The molecule has 1 aromatic carbocycles. The van der Waals surface area contributed by atoms with Gasteiger partial charge in [0.15, 0.2) is 6.61 Å². The smallest absolute Gasteiger partial charge is 0.262 e. The van der Waals surface area contributed by atoms with Crippen LogP contribution >= 0.6 is 0 Å². The third kappa shape index (κ3) is 2.25. The van der Waals surface area contributed by atoms with Crippen LogP contribution in [0.5, 0.6) is 5.75 Å². The van der Waals surface area contributed by atoms with Crippen LogP contribution in [-0.2, 0) is 18.3 Å². The summed E-state index contributed by atoms with van der Waals surface area (Å²) >= 11 is 0. The number of benzene rings is 1. The van der Waals surface area contributed by atoms with Gasteiger partial charge in [0.2, 0.25) is 0 Å². The molecule has 0 unspecified atom stereocenters. The van der Waals surface area contributed by atoms with Gasteiger partial charge in [0.05, 0.1) is 17.1 Å². The highest BCUT2D eigenvalue weighted by Crippen LogP contribution is 2.32. The van der Waals surface area contributed by atoms with E-state index >= 15 is 0 Å². The van der Waals surface area contributed by atoms with Crippen molar-refractivity contribution in [1.82, 2.24) is 9.78 Å². The summed E-state index contributed by atoms with van der Waals surface area (Å²) in [5.41, 5.74) is 9.17. The molecule has 1 aliphatic rings. The van der Waals surface area contributed by atoms with E-state index in [1.807, 2.05) is 36.0 Å². The van der Waals surface area contributed by atoms with Crippen LogP contribution in [-0.4, -0.2) is 28.8 Å². The van der Waals surface area contributed by atoms with Crippen LogP contribution in [0.4, 0.5) is 5.69 Å².